The van der Waals surface area contributed by atoms with Gasteiger partial charge >= 0.3 is 0 Å². The molecular formula is C12H19N5O. The second-order valence-corrected chi connectivity index (χ2v) is 5.34. The first-order chi connectivity index (χ1) is 8.74. The molecule has 1 amide bonds. The molecule has 0 bridgehead atoms. The van der Waals surface area contributed by atoms with Crippen LogP contribution in [0.1, 0.15) is 25.6 Å². The lowest BCUT2D eigenvalue weighted by molar-refractivity contribution is -0.136. The van der Waals surface area contributed by atoms with E-state index >= 15 is 0 Å². The zero-order valence-corrected chi connectivity index (χ0v) is 10.7. The first-order valence-corrected chi connectivity index (χ1v) is 6.63. The first kappa shape index (κ1) is 11.6. The van der Waals surface area contributed by atoms with Gasteiger partial charge in [-0.1, -0.05) is 6.92 Å². The summed E-state index contributed by atoms with van der Waals surface area (Å²) in [5.41, 5.74) is 0. The highest BCUT2D eigenvalue weighted by Crippen LogP contribution is 2.18. The molecule has 98 valence electrons. The van der Waals surface area contributed by atoms with Crippen molar-refractivity contribution in [2.24, 2.45) is 5.92 Å². The summed E-state index contributed by atoms with van der Waals surface area (Å²) in [5, 5.41) is 11.3. The van der Waals surface area contributed by atoms with Crippen LogP contribution in [0, 0.1) is 5.92 Å². The average molecular weight is 249 g/mol. The highest BCUT2D eigenvalue weighted by molar-refractivity contribution is 5.82. The minimum Gasteiger partial charge on any atom is -0.332 e. The largest absolute Gasteiger partial charge is 0.332 e. The molecule has 1 aromatic rings. The summed E-state index contributed by atoms with van der Waals surface area (Å²) >= 11 is 0. The summed E-state index contributed by atoms with van der Waals surface area (Å²) in [6.07, 6.45) is 3.85. The predicted molar refractivity (Wildman–Crippen MR) is 65.6 cm³/mol. The van der Waals surface area contributed by atoms with Gasteiger partial charge in [0.15, 0.2) is 5.82 Å². The molecule has 3 rings (SSSR count). The van der Waals surface area contributed by atoms with Crippen molar-refractivity contribution in [3.63, 3.8) is 0 Å². The van der Waals surface area contributed by atoms with Crippen LogP contribution in [0.3, 0.4) is 0 Å². The van der Waals surface area contributed by atoms with Gasteiger partial charge in [-0.15, -0.1) is 10.2 Å². The van der Waals surface area contributed by atoms with E-state index in [1.807, 2.05) is 9.47 Å². The van der Waals surface area contributed by atoms with Gasteiger partial charge in [-0.2, -0.15) is 0 Å². The van der Waals surface area contributed by atoms with Gasteiger partial charge in [0.1, 0.15) is 6.33 Å². The maximum absolute atomic E-state index is 12.4. The Morgan fingerprint density at radius 1 is 1.50 bits per heavy atom. The lowest BCUT2D eigenvalue weighted by atomic mass is 9.93. The first-order valence-electron chi connectivity index (χ1n) is 6.63. The number of piperidine rings is 1. The van der Waals surface area contributed by atoms with Crippen molar-refractivity contribution in [2.45, 2.75) is 38.9 Å². The van der Waals surface area contributed by atoms with Gasteiger partial charge in [-0.05, 0) is 25.3 Å². The molecule has 18 heavy (non-hydrogen) atoms. The number of rotatable bonds is 1. The number of amides is 1. The Hall–Kier alpha value is -1.43. The van der Waals surface area contributed by atoms with Crippen LogP contribution in [-0.4, -0.2) is 44.7 Å². The summed E-state index contributed by atoms with van der Waals surface area (Å²) in [6, 6.07) is -0.0109. The Morgan fingerprint density at radius 2 is 2.39 bits per heavy atom. The third-order valence-electron chi connectivity index (χ3n) is 3.91. The second-order valence-electron chi connectivity index (χ2n) is 5.34. The summed E-state index contributed by atoms with van der Waals surface area (Å²) in [6.45, 7) is 5.31. The van der Waals surface area contributed by atoms with E-state index in [0.29, 0.717) is 12.5 Å². The number of aromatic nitrogens is 3. The van der Waals surface area contributed by atoms with Crippen LogP contribution in [0.4, 0.5) is 0 Å². The third kappa shape index (κ3) is 2.12. The molecule has 6 heteroatoms. The maximum atomic E-state index is 12.4. The quantitative estimate of drug-likeness (QED) is 0.761. The Morgan fingerprint density at radius 3 is 3.22 bits per heavy atom. The van der Waals surface area contributed by atoms with E-state index in [9.17, 15) is 4.79 Å². The molecule has 2 aliphatic rings. The molecule has 0 aliphatic carbocycles. The molecule has 0 aromatic carbocycles. The van der Waals surface area contributed by atoms with Crippen molar-refractivity contribution in [3.05, 3.63) is 12.2 Å². The van der Waals surface area contributed by atoms with Gasteiger partial charge in [0.05, 0.1) is 12.6 Å². The van der Waals surface area contributed by atoms with Crippen LogP contribution in [0.2, 0.25) is 0 Å². The number of fused-ring (bicyclic) bond motifs is 1. The summed E-state index contributed by atoms with van der Waals surface area (Å²) in [5.74, 6) is 1.74. The molecule has 1 aromatic heterocycles. The third-order valence-corrected chi connectivity index (χ3v) is 3.91. The fraction of sp³-hybridized carbons (Fsp3) is 0.750. The van der Waals surface area contributed by atoms with E-state index in [1.54, 1.807) is 6.33 Å². The van der Waals surface area contributed by atoms with E-state index in [1.165, 1.54) is 0 Å². The molecule has 1 saturated heterocycles. The predicted octanol–water partition coefficient (Wildman–Crippen LogP) is 0.00840. The smallest absolute Gasteiger partial charge is 0.240 e. The van der Waals surface area contributed by atoms with Crippen molar-refractivity contribution in [3.8, 4) is 0 Å². The number of hydrogen-bond donors (Lipinski definition) is 1. The van der Waals surface area contributed by atoms with Crippen LogP contribution in [-0.2, 0) is 17.9 Å². The van der Waals surface area contributed by atoms with Crippen molar-refractivity contribution in [1.29, 1.82) is 0 Å². The van der Waals surface area contributed by atoms with E-state index in [0.717, 1.165) is 38.3 Å². The maximum Gasteiger partial charge on any atom is 0.240 e. The molecular weight excluding hydrogens is 230 g/mol. The normalized spacial score (nSPS) is 27.9. The molecule has 3 heterocycles. The Kier molecular flexibility index (Phi) is 3.03. The Bertz CT molecular complexity index is 443. The number of carbonyl (C=O) groups excluding carboxylic acids is 1. The monoisotopic (exact) mass is 249 g/mol. The van der Waals surface area contributed by atoms with Gasteiger partial charge in [-0.25, -0.2) is 0 Å². The molecule has 0 radical (unpaired) electrons. The van der Waals surface area contributed by atoms with Crippen molar-refractivity contribution >= 4 is 5.91 Å². The zero-order chi connectivity index (χ0) is 12.5. The van der Waals surface area contributed by atoms with E-state index in [4.69, 9.17) is 0 Å². The topological polar surface area (TPSA) is 63.1 Å². The standard InChI is InChI=1S/C12H19N5O/c1-9-2-3-13-10(6-9)12(18)16-4-5-17-8-14-15-11(17)7-16/h8-10,13H,2-7H2,1H3. The number of hydrogen-bond acceptors (Lipinski definition) is 4. The molecule has 2 aliphatic heterocycles. The zero-order valence-electron chi connectivity index (χ0n) is 10.7. The number of nitrogens with zero attached hydrogens (tertiary/aromatic N) is 4. The highest BCUT2D eigenvalue weighted by Gasteiger charge is 2.30. The molecule has 0 spiro atoms. The van der Waals surface area contributed by atoms with Crippen LogP contribution in [0.15, 0.2) is 6.33 Å². The Balaban J connectivity index is 1.67. The van der Waals surface area contributed by atoms with E-state index in [-0.39, 0.29) is 11.9 Å². The van der Waals surface area contributed by atoms with Gasteiger partial charge in [-0.3, -0.25) is 4.79 Å². The lowest BCUT2D eigenvalue weighted by Gasteiger charge is -2.34. The van der Waals surface area contributed by atoms with Crippen LogP contribution >= 0.6 is 0 Å². The van der Waals surface area contributed by atoms with E-state index in [2.05, 4.69) is 22.4 Å². The number of nitrogens with one attached hydrogen (secondary N) is 1. The van der Waals surface area contributed by atoms with Crippen LogP contribution in [0.5, 0.6) is 0 Å². The molecule has 1 N–H and O–H groups in total. The van der Waals surface area contributed by atoms with Gasteiger partial charge in [0.25, 0.3) is 0 Å². The Labute approximate surface area is 106 Å². The SMILES string of the molecule is CC1CCNC(C(=O)N2CCn3cnnc3C2)C1. The molecule has 2 atom stereocenters. The molecule has 6 nitrogen and oxygen atoms in total. The number of carbonyl (C=O) groups is 1. The summed E-state index contributed by atoms with van der Waals surface area (Å²) in [4.78, 5) is 14.3. The van der Waals surface area contributed by atoms with Crippen molar-refractivity contribution < 1.29 is 4.79 Å². The molecule has 1 fully saturated rings. The van der Waals surface area contributed by atoms with Crippen LogP contribution in [0.25, 0.3) is 0 Å². The average Bonchev–Trinajstić information content (AvgIpc) is 2.85. The molecule has 0 saturated carbocycles. The van der Waals surface area contributed by atoms with Crippen LogP contribution < -0.4 is 5.32 Å². The lowest BCUT2D eigenvalue weighted by Crippen LogP contribution is -2.51. The summed E-state index contributed by atoms with van der Waals surface area (Å²) in [7, 11) is 0. The minimum absolute atomic E-state index is 0.0109. The molecule has 2 unspecified atom stereocenters. The fourth-order valence-corrected chi connectivity index (χ4v) is 2.77. The van der Waals surface area contributed by atoms with Crippen molar-refractivity contribution in [2.75, 3.05) is 13.1 Å². The highest BCUT2D eigenvalue weighted by atomic mass is 16.2. The summed E-state index contributed by atoms with van der Waals surface area (Å²) < 4.78 is 2.01. The van der Waals surface area contributed by atoms with Gasteiger partial charge in [0.2, 0.25) is 5.91 Å². The second kappa shape index (κ2) is 4.68. The van der Waals surface area contributed by atoms with Gasteiger partial charge in [0, 0.05) is 13.1 Å². The van der Waals surface area contributed by atoms with Gasteiger partial charge < -0.3 is 14.8 Å². The fourth-order valence-electron chi connectivity index (χ4n) is 2.77. The van der Waals surface area contributed by atoms with Crippen molar-refractivity contribution in [1.82, 2.24) is 25.0 Å². The minimum atomic E-state index is -0.0109. The van der Waals surface area contributed by atoms with E-state index < -0.39 is 0 Å².